The molecule has 0 fully saturated rings. The molecule has 8 heteroatoms. The molecule has 2 aromatic heterocycles. The highest BCUT2D eigenvalue weighted by Crippen LogP contribution is 2.26. The third-order valence-electron chi connectivity index (χ3n) is 4.94. The normalized spacial score (nSPS) is 11.4. The van der Waals surface area contributed by atoms with Gasteiger partial charge in [0.1, 0.15) is 11.4 Å². The van der Waals surface area contributed by atoms with Crippen LogP contribution in [0.2, 0.25) is 5.02 Å². The molecule has 0 saturated heterocycles. The molecule has 3 aromatic rings. The Bertz CT molecular complexity index is 1030. The monoisotopic (exact) mass is 417 g/mol. The second kappa shape index (κ2) is 8.88. The number of fused-ring (bicyclic) bond motifs is 1. The fourth-order valence-electron chi connectivity index (χ4n) is 3.30. The average molecular weight is 418 g/mol. The van der Waals surface area contributed by atoms with Gasteiger partial charge in [-0.25, -0.2) is 13.9 Å². The van der Waals surface area contributed by atoms with Gasteiger partial charge in [-0.2, -0.15) is 5.10 Å². The largest absolute Gasteiger partial charge is 0.352 e. The Morgan fingerprint density at radius 3 is 2.72 bits per heavy atom. The van der Waals surface area contributed by atoms with Crippen molar-refractivity contribution in [3.63, 3.8) is 0 Å². The van der Waals surface area contributed by atoms with Crippen LogP contribution in [-0.4, -0.2) is 52.6 Å². The number of halogens is 2. The van der Waals surface area contributed by atoms with E-state index in [1.165, 1.54) is 12.3 Å². The zero-order valence-electron chi connectivity index (χ0n) is 17.1. The van der Waals surface area contributed by atoms with Crippen LogP contribution in [0.1, 0.15) is 39.3 Å². The zero-order valence-corrected chi connectivity index (χ0v) is 17.8. The Balaban J connectivity index is 1.88. The molecule has 1 N–H and O–H groups in total. The Morgan fingerprint density at radius 1 is 1.28 bits per heavy atom. The first-order valence-corrected chi connectivity index (χ1v) is 9.87. The third kappa shape index (κ3) is 4.57. The molecule has 1 aromatic carbocycles. The van der Waals surface area contributed by atoms with Crippen LogP contribution in [0.5, 0.6) is 0 Å². The number of rotatable bonds is 7. The lowest BCUT2D eigenvalue weighted by Crippen LogP contribution is -2.27. The van der Waals surface area contributed by atoms with Crippen LogP contribution in [0.15, 0.2) is 24.4 Å². The van der Waals surface area contributed by atoms with Gasteiger partial charge in [-0.1, -0.05) is 17.7 Å². The van der Waals surface area contributed by atoms with E-state index in [4.69, 9.17) is 11.6 Å². The molecular weight excluding hydrogens is 393 g/mol. The summed E-state index contributed by atoms with van der Waals surface area (Å²) in [4.78, 5) is 19.2. The summed E-state index contributed by atoms with van der Waals surface area (Å²) in [5.74, 6) is -0.551. The SMILES string of the molecule is Cc1nc2c(C(=O)NCCCN(C)C)cnn2c(C)c1Cc1c(F)cccc1Cl. The molecule has 6 nitrogen and oxygen atoms in total. The van der Waals surface area contributed by atoms with Crippen LogP contribution < -0.4 is 5.32 Å². The molecule has 0 radical (unpaired) electrons. The summed E-state index contributed by atoms with van der Waals surface area (Å²) >= 11 is 6.19. The molecule has 154 valence electrons. The maximum Gasteiger partial charge on any atom is 0.256 e. The predicted octanol–water partition coefficient (Wildman–Crippen LogP) is 3.41. The van der Waals surface area contributed by atoms with Crippen molar-refractivity contribution in [1.82, 2.24) is 24.8 Å². The number of aryl methyl sites for hydroxylation is 2. The molecular formula is C21H25ClFN5O. The maximum atomic E-state index is 14.2. The van der Waals surface area contributed by atoms with Crippen molar-refractivity contribution in [2.45, 2.75) is 26.7 Å². The van der Waals surface area contributed by atoms with Gasteiger partial charge >= 0.3 is 0 Å². The molecule has 0 aliphatic rings. The third-order valence-corrected chi connectivity index (χ3v) is 5.29. The number of aromatic nitrogens is 3. The Labute approximate surface area is 174 Å². The van der Waals surface area contributed by atoms with E-state index in [0.717, 1.165) is 29.9 Å². The van der Waals surface area contributed by atoms with Crippen molar-refractivity contribution in [1.29, 1.82) is 0 Å². The lowest BCUT2D eigenvalue weighted by Gasteiger charge is -2.13. The van der Waals surface area contributed by atoms with Gasteiger partial charge in [-0.15, -0.1) is 0 Å². The highest BCUT2D eigenvalue weighted by molar-refractivity contribution is 6.31. The minimum Gasteiger partial charge on any atom is -0.352 e. The van der Waals surface area contributed by atoms with E-state index in [-0.39, 0.29) is 11.7 Å². The van der Waals surface area contributed by atoms with Crippen molar-refractivity contribution >= 4 is 23.2 Å². The van der Waals surface area contributed by atoms with Crippen LogP contribution in [0, 0.1) is 19.7 Å². The second-order valence-electron chi connectivity index (χ2n) is 7.34. The highest BCUT2D eigenvalue weighted by atomic mass is 35.5. The van der Waals surface area contributed by atoms with Crippen molar-refractivity contribution in [2.24, 2.45) is 0 Å². The van der Waals surface area contributed by atoms with E-state index in [0.29, 0.717) is 34.8 Å². The van der Waals surface area contributed by atoms with Crippen LogP contribution >= 0.6 is 11.6 Å². The molecule has 2 heterocycles. The Morgan fingerprint density at radius 2 is 2.03 bits per heavy atom. The summed E-state index contributed by atoms with van der Waals surface area (Å²) in [6, 6.07) is 4.65. The predicted molar refractivity (Wildman–Crippen MR) is 112 cm³/mol. The number of nitrogens with one attached hydrogen (secondary N) is 1. The lowest BCUT2D eigenvalue weighted by molar-refractivity contribution is 0.0953. The fourth-order valence-corrected chi connectivity index (χ4v) is 3.53. The van der Waals surface area contributed by atoms with Crippen molar-refractivity contribution < 1.29 is 9.18 Å². The van der Waals surface area contributed by atoms with Gasteiger partial charge in [0.25, 0.3) is 5.91 Å². The van der Waals surface area contributed by atoms with E-state index in [1.54, 1.807) is 16.6 Å². The Hall–Kier alpha value is -2.51. The quantitative estimate of drug-likeness (QED) is 0.598. The van der Waals surface area contributed by atoms with Crippen LogP contribution in [0.3, 0.4) is 0 Å². The molecule has 0 saturated carbocycles. The number of hydrogen-bond acceptors (Lipinski definition) is 4. The number of nitrogens with zero attached hydrogens (tertiary/aromatic N) is 4. The molecule has 0 spiro atoms. The lowest BCUT2D eigenvalue weighted by atomic mass is 10.0. The number of carbonyl (C=O) groups is 1. The molecule has 1 amide bonds. The maximum absolute atomic E-state index is 14.2. The van der Waals surface area contributed by atoms with Gasteiger partial charge in [0.2, 0.25) is 0 Å². The van der Waals surface area contributed by atoms with Gasteiger partial charge in [0.15, 0.2) is 5.65 Å². The minimum atomic E-state index is -0.352. The van der Waals surface area contributed by atoms with E-state index < -0.39 is 0 Å². The summed E-state index contributed by atoms with van der Waals surface area (Å²) in [5, 5.41) is 7.63. The molecule has 0 aliphatic heterocycles. The molecule has 0 aliphatic carbocycles. The number of carbonyl (C=O) groups excluding carboxylic acids is 1. The summed E-state index contributed by atoms with van der Waals surface area (Å²) in [6.45, 7) is 5.21. The number of hydrogen-bond donors (Lipinski definition) is 1. The van der Waals surface area contributed by atoms with E-state index >= 15 is 0 Å². The summed E-state index contributed by atoms with van der Waals surface area (Å²) in [7, 11) is 3.99. The molecule has 0 atom stereocenters. The summed E-state index contributed by atoms with van der Waals surface area (Å²) in [6.07, 6.45) is 2.69. The summed E-state index contributed by atoms with van der Waals surface area (Å²) in [5.41, 5.74) is 3.71. The minimum absolute atomic E-state index is 0.199. The zero-order chi connectivity index (χ0) is 21.1. The van der Waals surface area contributed by atoms with Crippen LogP contribution in [0.25, 0.3) is 5.65 Å². The molecule has 3 rings (SSSR count). The fraction of sp³-hybridized carbons (Fsp3) is 0.381. The smallest absolute Gasteiger partial charge is 0.256 e. The van der Waals surface area contributed by atoms with E-state index in [1.807, 2.05) is 27.9 Å². The first-order chi connectivity index (χ1) is 13.8. The summed E-state index contributed by atoms with van der Waals surface area (Å²) < 4.78 is 15.9. The topological polar surface area (TPSA) is 62.5 Å². The van der Waals surface area contributed by atoms with Crippen LogP contribution in [0.4, 0.5) is 4.39 Å². The van der Waals surface area contributed by atoms with Crippen LogP contribution in [-0.2, 0) is 6.42 Å². The van der Waals surface area contributed by atoms with Crippen molar-refractivity contribution in [3.05, 3.63) is 63.3 Å². The van der Waals surface area contributed by atoms with Gasteiger partial charge in [-0.05, 0) is 58.6 Å². The molecule has 29 heavy (non-hydrogen) atoms. The standard InChI is InChI=1S/C21H25ClFN5O/c1-13-15(11-16-18(22)7-5-8-19(16)23)14(2)28-20(26-13)17(12-25-28)21(29)24-9-6-10-27(3)4/h5,7-8,12H,6,9-11H2,1-4H3,(H,24,29). The van der Waals surface area contributed by atoms with Crippen molar-refractivity contribution in [2.75, 3.05) is 27.2 Å². The first-order valence-electron chi connectivity index (χ1n) is 9.49. The van der Waals surface area contributed by atoms with Gasteiger partial charge in [-0.3, -0.25) is 4.79 Å². The van der Waals surface area contributed by atoms with E-state index in [2.05, 4.69) is 20.3 Å². The van der Waals surface area contributed by atoms with Gasteiger partial charge in [0, 0.05) is 34.9 Å². The first kappa shape index (κ1) is 21.2. The van der Waals surface area contributed by atoms with Crippen molar-refractivity contribution in [3.8, 4) is 0 Å². The molecule has 0 bridgehead atoms. The highest BCUT2D eigenvalue weighted by Gasteiger charge is 2.19. The second-order valence-corrected chi connectivity index (χ2v) is 7.75. The van der Waals surface area contributed by atoms with Gasteiger partial charge in [0.05, 0.1) is 6.20 Å². The average Bonchev–Trinajstić information content (AvgIpc) is 3.08. The number of benzene rings is 1. The molecule has 0 unspecified atom stereocenters. The number of amides is 1. The Kier molecular flexibility index (Phi) is 6.49. The van der Waals surface area contributed by atoms with Gasteiger partial charge < -0.3 is 10.2 Å². The van der Waals surface area contributed by atoms with E-state index in [9.17, 15) is 9.18 Å².